The summed E-state index contributed by atoms with van der Waals surface area (Å²) in [5, 5.41) is 3.60. The number of rotatable bonds is 2. The normalized spacial score (nSPS) is 14.8. The third-order valence-corrected chi connectivity index (χ3v) is 2.60. The molecular weight excluding hydrogens is 169 g/mol. The molecule has 0 aliphatic rings. The molecule has 0 bridgehead atoms. The lowest BCUT2D eigenvalue weighted by atomic mass is 10.3. The summed E-state index contributed by atoms with van der Waals surface area (Å²) in [4.78, 5) is 8.58. The predicted octanol–water partition coefficient (Wildman–Crippen LogP) is 1.44. The average molecular weight is 176 g/mol. The molecule has 0 aliphatic heterocycles. The maximum absolute atomic E-state index is 10.4. The third kappa shape index (κ3) is 1.61. The fraction of sp³-hybridized carbons (Fsp3) is 0.200. The quantitative estimate of drug-likeness (QED) is 0.670. The van der Waals surface area contributed by atoms with Gasteiger partial charge in [-0.1, -0.05) is 0 Å². The van der Waals surface area contributed by atoms with Gasteiger partial charge in [0.05, 0.1) is 0 Å². The minimum atomic E-state index is -2.28. The van der Waals surface area contributed by atoms with Crippen molar-refractivity contribution in [1.82, 2.24) is 0 Å². The molecule has 1 heterocycles. The van der Waals surface area contributed by atoms with E-state index in [2.05, 4.69) is 0 Å². The summed E-state index contributed by atoms with van der Waals surface area (Å²) < 4.78 is 10.4. The lowest BCUT2D eigenvalue weighted by Crippen LogP contribution is -2.03. The number of hydrogen-bond acceptors (Lipinski definition) is 3. The summed E-state index contributed by atoms with van der Waals surface area (Å²) in [5.74, 6) is -0.721. The molecule has 5 heteroatoms. The molecule has 0 amide bonds. The van der Waals surface area contributed by atoms with Crippen molar-refractivity contribution < 1.29 is 9.46 Å². The Hall–Kier alpha value is -0.280. The number of nitrogens with two attached hydrogens (primary N) is 1. The molecule has 10 heavy (non-hydrogen) atoms. The fourth-order valence-corrected chi connectivity index (χ4v) is 1.78. The Labute approximate surface area is 63.4 Å². The zero-order chi connectivity index (χ0) is 7.56. The van der Waals surface area contributed by atoms with E-state index < -0.39 is 13.8 Å². The summed E-state index contributed by atoms with van der Waals surface area (Å²) in [6.45, 7) is 0. The second-order valence-electron chi connectivity index (χ2n) is 1.80. The minimum Gasteiger partial charge on any atom is -0.281 e. The summed E-state index contributed by atoms with van der Waals surface area (Å²) in [5.41, 5.74) is 6.09. The van der Waals surface area contributed by atoms with Crippen molar-refractivity contribution in [3.8, 4) is 0 Å². The fourth-order valence-electron chi connectivity index (χ4n) is 0.571. The monoisotopic (exact) mass is 176 g/mol. The molecule has 1 aromatic heterocycles. The SMILES string of the molecule is NC(c1ccsc1)[P+](=O)O. The smallest absolute Gasteiger partial charge is 0.281 e. The molecule has 0 aliphatic carbocycles. The highest BCUT2D eigenvalue weighted by Gasteiger charge is 2.25. The molecule has 3 N–H and O–H groups in total. The second kappa shape index (κ2) is 3.21. The molecule has 1 rings (SSSR count). The number of hydrogen-bond donors (Lipinski definition) is 2. The van der Waals surface area contributed by atoms with E-state index in [4.69, 9.17) is 10.6 Å². The van der Waals surface area contributed by atoms with Crippen LogP contribution in [0.3, 0.4) is 0 Å². The van der Waals surface area contributed by atoms with Gasteiger partial charge in [0.1, 0.15) is 0 Å². The lowest BCUT2D eigenvalue weighted by molar-refractivity contribution is 0.491. The Morgan fingerprint density at radius 2 is 2.50 bits per heavy atom. The Balaban J connectivity index is 2.77. The molecule has 3 nitrogen and oxygen atoms in total. The van der Waals surface area contributed by atoms with Crippen molar-refractivity contribution in [2.24, 2.45) is 5.73 Å². The van der Waals surface area contributed by atoms with Crippen LogP contribution in [-0.4, -0.2) is 4.89 Å². The summed E-state index contributed by atoms with van der Waals surface area (Å²) in [6.07, 6.45) is 0. The Morgan fingerprint density at radius 3 is 2.90 bits per heavy atom. The van der Waals surface area contributed by atoms with Crippen molar-refractivity contribution in [2.45, 2.75) is 5.78 Å². The van der Waals surface area contributed by atoms with Crippen molar-refractivity contribution in [1.29, 1.82) is 0 Å². The van der Waals surface area contributed by atoms with E-state index in [1.54, 1.807) is 11.4 Å². The van der Waals surface area contributed by atoms with Gasteiger partial charge >= 0.3 is 8.03 Å². The van der Waals surface area contributed by atoms with Crippen LogP contribution in [0.4, 0.5) is 0 Å². The zero-order valence-electron chi connectivity index (χ0n) is 5.10. The van der Waals surface area contributed by atoms with Gasteiger partial charge in [0, 0.05) is 5.56 Å². The Bertz CT molecular complexity index is 224. The van der Waals surface area contributed by atoms with Gasteiger partial charge in [-0.3, -0.25) is 5.73 Å². The summed E-state index contributed by atoms with van der Waals surface area (Å²) in [6, 6.07) is 1.75. The Kier molecular flexibility index (Phi) is 2.51. The molecule has 0 saturated carbocycles. The van der Waals surface area contributed by atoms with E-state index in [1.807, 2.05) is 5.38 Å². The molecule has 1 aromatic rings. The number of thiophene rings is 1. The van der Waals surface area contributed by atoms with Crippen LogP contribution in [0.15, 0.2) is 16.8 Å². The molecule has 54 valence electrons. The van der Waals surface area contributed by atoms with E-state index in [0.717, 1.165) is 5.56 Å². The Morgan fingerprint density at radius 1 is 1.80 bits per heavy atom. The van der Waals surface area contributed by atoms with Crippen LogP contribution < -0.4 is 5.73 Å². The van der Waals surface area contributed by atoms with E-state index >= 15 is 0 Å². The van der Waals surface area contributed by atoms with Gasteiger partial charge in [0.15, 0.2) is 0 Å². The van der Waals surface area contributed by atoms with Crippen molar-refractivity contribution >= 4 is 19.4 Å². The minimum absolute atomic E-state index is 0.721. The van der Waals surface area contributed by atoms with Gasteiger partial charge in [0.25, 0.3) is 5.78 Å². The molecule has 2 unspecified atom stereocenters. The van der Waals surface area contributed by atoms with Gasteiger partial charge in [-0.25, -0.2) is 0 Å². The van der Waals surface area contributed by atoms with Crippen molar-refractivity contribution in [3.05, 3.63) is 22.4 Å². The van der Waals surface area contributed by atoms with Crippen molar-refractivity contribution in [2.75, 3.05) is 0 Å². The highest BCUT2D eigenvalue weighted by Crippen LogP contribution is 2.33. The van der Waals surface area contributed by atoms with Gasteiger partial charge in [-0.2, -0.15) is 16.2 Å². The largest absolute Gasteiger partial charge is 0.529 e. The van der Waals surface area contributed by atoms with Crippen LogP contribution in [0.5, 0.6) is 0 Å². The predicted molar refractivity (Wildman–Crippen MR) is 41.1 cm³/mol. The highest BCUT2D eigenvalue weighted by molar-refractivity contribution is 7.38. The van der Waals surface area contributed by atoms with Crippen LogP contribution in [-0.2, 0) is 4.57 Å². The molecule has 0 aromatic carbocycles. The molecule has 0 spiro atoms. The summed E-state index contributed by atoms with van der Waals surface area (Å²) >= 11 is 1.47. The van der Waals surface area contributed by atoms with Gasteiger partial charge in [-0.15, -0.1) is 0 Å². The third-order valence-electron chi connectivity index (χ3n) is 1.12. The molecule has 0 saturated heterocycles. The highest BCUT2D eigenvalue weighted by atomic mass is 32.1. The maximum atomic E-state index is 10.4. The first-order chi connectivity index (χ1) is 4.72. The lowest BCUT2D eigenvalue weighted by Gasteiger charge is -1.89. The standard InChI is InChI=1S/C5H6NO2PS/c6-5(9(7)8)4-1-2-10-3-4/h1-3,5H,6H2/p+1. The van der Waals surface area contributed by atoms with Gasteiger partial charge < -0.3 is 0 Å². The van der Waals surface area contributed by atoms with E-state index in [1.165, 1.54) is 11.3 Å². The molecule has 0 fully saturated rings. The first kappa shape index (κ1) is 7.82. The van der Waals surface area contributed by atoms with Crippen LogP contribution in [0, 0.1) is 0 Å². The topological polar surface area (TPSA) is 63.3 Å². The van der Waals surface area contributed by atoms with Crippen LogP contribution >= 0.6 is 19.4 Å². The van der Waals surface area contributed by atoms with Crippen LogP contribution in [0.2, 0.25) is 0 Å². The molecule has 2 atom stereocenters. The average Bonchev–Trinajstić information content (AvgIpc) is 2.36. The summed E-state index contributed by atoms with van der Waals surface area (Å²) in [7, 11) is -2.28. The van der Waals surface area contributed by atoms with Gasteiger partial charge in [-0.05, 0) is 21.4 Å². The van der Waals surface area contributed by atoms with Gasteiger partial charge in [0.2, 0.25) is 0 Å². The van der Waals surface area contributed by atoms with Crippen LogP contribution in [0.1, 0.15) is 11.3 Å². The first-order valence-electron chi connectivity index (χ1n) is 2.64. The van der Waals surface area contributed by atoms with Crippen LogP contribution in [0.25, 0.3) is 0 Å². The second-order valence-corrected chi connectivity index (χ2v) is 3.75. The first-order valence-corrected chi connectivity index (χ1v) is 4.87. The zero-order valence-corrected chi connectivity index (χ0v) is 6.81. The van der Waals surface area contributed by atoms with E-state index in [9.17, 15) is 4.57 Å². The molecular formula is C5H7NO2PS+. The molecule has 0 radical (unpaired) electrons. The van der Waals surface area contributed by atoms with E-state index in [-0.39, 0.29) is 0 Å². The maximum Gasteiger partial charge on any atom is 0.529 e. The van der Waals surface area contributed by atoms with Crippen molar-refractivity contribution in [3.63, 3.8) is 0 Å². The van der Waals surface area contributed by atoms with E-state index in [0.29, 0.717) is 0 Å².